The molecule has 1 aliphatic heterocycles. The van der Waals surface area contributed by atoms with Crippen LogP contribution in [0.3, 0.4) is 0 Å². The second-order valence-electron chi connectivity index (χ2n) is 2.58. The van der Waals surface area contributed by atoms with Crippen molar-refractivity contribution in [1.29, 1.82) is 0 Å². The summed E-state index contributed by atoms with van der Waals surface area (Å²) < 4.78 is 4.42. The van der Waals surface area contributed by atoms with Crippen LogP contribution in [0.5, 0.6) is 0 Å². The second-order valence-corrected chi connectivity index (χ2v) is 2.58. The fourth-order valence-electron chi connectivity index (χ4n) is 1.03. The largest absolute Gasteiger partial charge is 0.392 e. The molecule has 4 heteroatoms. The van der Waals surface area contributed by atoms with E-state index in [4.69, 9.17) is 0 Å². The van der Waals surface area contributed by atoms with E-state index in [-0.39, 0.29) is 6.04 Å². The summed E-state index contributed by atoms with van der Waals surface area (Å²) in [5, 5.41) is 2.90. The SMILES string of the molecule is C=CCN[C@H]1CCC(=O)OC1=O. The number of cyclic esters (lactones) is 2. The molecule has 1 aliphatic rings. The van der Waals surface area contributed by atoms with Gasteiger partial charge < -0.3 is 10.1 Å². The Balaban J connectivity index is 2.39. The maximum atomic E-state index is 11.0. The van der Waals surface area contributed by atoms with Gasteiger partial charge in [0.25, 0.3) is 0 Å². The molecule has 66 valence electrons. The number of esters is 2. The first-order valence-corrected chi connectivity index (χ1v) is 3.83. The number of nitrogens with one attached hydrogen (secondary N) is 1. The summed E-state index contributed by atoms with van der Waals surface area (Å²) in [6.45, 7) is 4.05. The summed E-state index contributed by atoms with van der Waals surface area (Å²) in [5.41, 5.74) is 0. The molecular weight excluding hydrogens is 158 g/mol. The van der Waals surface area contributed by atoms with Crippen LogP contribution >= 0.6 is 0 Å². The van der Waals surface area contributed by atoms with Gasteiger partial charge in [0, 0.05) is 13.0 Å². The summed E-state index contributed by atoms with van der Waals surface area (Å²) in [6, 6.07) is -0.347. The van der Waals surface area contributed by atoms with Gasteiger partial charge in [0.05, 0.1) is 0 Å². The van der Waals surface area contributed by atoms with Gasteiger partial charge >= 0.3 is 11.9 Å². The molecule has 1 rings (SSSR count). The summed E-state index contributed by atoms with van der Waals surface area (Å²) in [5.74, 6) is -0.912. The first-order valence-electron chi connectivity index (χ1n) is 3.83. The van der Waals surface area contributed by atoms with E-state index >= 15 is 0 Å². The first kappa shape index (κ1) is 8.93. The third-order valence-corrected chi connectivity index (χ3v) is 1.64. The molecule has 0 radical (unpaired) electrons. The topological polar surface area (TPSA) is 55.4 Å². The highest BCUT2D eigenvalue weighted by Crippen LogP contribution is 2.08. The highest BCUT2D eigenvalue weighted by molar-refractivity contribution is 5.91. The molecule has 0 aliphatic carbocycles. The maximum absolute atomic E-state index is 11.0. The molecule has 1 heterocycles. The zero-order valence-electron chi connectivity index (χ0n) is 6.71. The van der Waals surface area contributed by atoms with Crippen LogP contribution in [-0.2, 0) is 14.3 Å². The quantitative estimate of drug-likeness (QED) is 0.367. The minimum atomic E-state index is -0.479. The fourth-order valence-corrected chi connectivity index (χ4v) is 1.03. The number of hydrogen-bond donors (Lipinski definition) is 1. The second kappa shape index (κ2) is 4.01. The Kier molecular flexibility index (Phi) is 2.99. The molecule has 0 aromatic carbocycles. The van der Waals surface area contributed by atoms with Crippen molar-refractivity contribution in [2.45, 2.75) is 18.9 Å². The van der Waals surface area contributed by atoms with Gasteiger partial charge in [-0.05, 0) is 6.42 Å². The molecule has 0 spiro atoms. The van der Waals surface area contributed by atoms with Crippen molar-refractivity contribution in [3.63, 3.8) is 0 Å². The van der Waals surface area contributed by atoms with E-state index in [1.54, 1.807) is 6.08 Å². The van der Waals surface area contributed by atoms with Crippen molar-refractivity contribution in [3.05, 3.63) is 12.7 Å². The van der Waals surface area contributed by atoms with Gasteiger partial charge in [-0.2, -0.15) is 0 Å². The Hall–Kier alpha value is -1.16. The molecule has 1 saturated heterocycles. The van der Waals surface area contributed by atoms with Crippen LogP contribution in [0.4, 0.5) is 0 Å². The number of ether oxygens (including phenoxy) is 1. The van der Waals surface area contributed by atoms with Gasteiger partial charge in [-0.3, -0.25) is 4.79 Å². The smallest absolute Gasteiger partial charge is 0.330 e. The van der Waals surface area contributed by atoms with Crippen molar-refractivity contribution in [2.75, 3.05) is 6.54 Å². The predicted molar refractivity (Wildman–Crippen MR) is 42.3 cm³/mol. The molecule has 0 aromatic heterocycles. The average Bonchev–Trinajstić information content (AvgIpc) is 2.03. The van der Waals surface area contributed by atoms with Crippen LogP contribution in [0.1, 0.15) is 12.8 Å². The minimum Gasteiger partial charge on any atom is -0.392 e. The first-order chi connectivity index (χ1) is 5.74. The van der Waals surface area contributed by atoms with Crippen LogP contribution in [0, 0.1) is 0 Å². The van der Waals surface area contributed by atoms with Crippen molar-refractivity contribution < 1.29 is 14.3 Å². The van der Waals surface area contributed by atoms with Crippen LogP contribution in [-0.4, -0.2) is 24.5 Å². The van der Waals surface area contributed by atoms with E-state index in [2.05, 4.69) is 16.6 Å². The highest BCUT2D eigenvalue weighted by Gasteiger charge is 2.27. The van der Waals surface area contributed by atoms with E-state index in [0.29, 0.717) is 19.4 Å². The third kappa shape index (κ3) is 2.17. The van der Waals surface area contributed by atoms with E-state index in [9.17, 15) is 9.59 Å². The van der Waals surface area contributed by atoms with Crippen LogP contribution in [0.2, 0.25) is 0 Å². The van der Waals surface area contributed by atoms with Gasteiger partial charge in [-0.15, -0.1) is 6.58 Å². The fraction of sp³-hybridized carbons (Fsp3) is 0.500. The van der Waals surface area contributed by atoms with Gasteiger partial charge in [0.2, 0.25) is 0 Å². The summed E-state index contributed by atoms with van der Waals surface area (Å²) >= 11 is 0. The Morgan fingerprint density at radius 2 is 2.42 bits per heavy atom. The molecule has 1 N–H and O–H groups in total. The molecular formula is C8H11NO3. The van der Waals surface area contributed by atoms with Crippen LogP contribution < -0.4 is 5.32 Å². The van der Waals surface area contributed by atoms with Crippen LogP contribution in [0.25, 0.3) is 0 Å². The molecule has 0 bridgehead atoms. The summed E-state index contributed by atoms with van der Waals surface area (Å²) in [6.07, 6.45) is 2.48. The Morgan fingerprint density at radius 3 is 3.00 bits per heavy atom. The molecule has 0 aromatic rings. The molecule has 4 nitrogen and oxygen atoms in total. The predicted octanol–water partition coefficient (Wildman–Crippen LogP) is -0.00580. The van der Waals surface area contributed by atoms with Gasteiger partial charge in [-0.25, -0.2) is 4.79 Å². The highest BCUT2D eigenvalue weighted by atomic mass is 16.6. The molecule has 12 heavy (non-hydrogen) atoms. The average molecular weight is 169 g/mol. The van der Waals surface area contributed by atoms with E-state index in [1.165, 1.54) is 0 Å². The number of carbonyl (C=O) groups is 2. The van der Waals surface area contributed by atoms with Crippen molar-refractivity contribution in [2.24, 2.45) is 0 Å². The summed E-state index contributed by atoms with van der Waals surface area (Å²) in [4.78, 5) is 21.6. The Labute approximate surface area is 70.6 Å². The number of hydrogen-bond acceptors (Lipinski definition) is 4. The molecule has 0 unspecified atom stereocenters. The molecule has 0 saturated carbocycles. The molecule has 0 amide bonds. The molecule has 1 atom stereocenters. The lowest BCUT2D eigenvalue weighted by atomic mass is 10.1. The molecule has 1 fully saturated rings. The standard InChI is InChI=1S/C8H11NO3/c1-2-5-9-6-3-4-7(10)12-8(6)11/h2,6,9H,1,3-5H2/t6-/m0/s1. The monoisotopic (exact) mass is 169 g/mol. The number of rotatable bonds is 3. The van der Waals surface area contributed by atoms with Gasteiger partial charge in [0.1, 0.15) is 6.04 Å². The lowest BCUT2D eigenvalue weighted by Gasteiger charge is -2.19. The van der Waals surface area contributed by atoms with Gasteiger partial charge in [-0.1, -0.05) is 6.08 Å². The van der Waals surface area contributed by atoms with Crippen molar-refractivity contribution in [3.8, 4) is 0 Å². The van der Waals surface area contributed by atoms with E-state index in [1.807, 2.05) is 0 Å². The minimum absolute atomic E-state index is 0.306. The summed E-state index contributed by atoms with van der Waals surface area (Å²) in [7, 11) is 0. The van der Waals surface area contributed by atoms with Crippen LogP contribution in [0.15, 0.2) is 12.7 Å². The maximum Gasteiger partial charge on any atom is 0.330 e. The normalized spacial score (nSPS) is 23.5. The van der Waals surface area contributed by atoms with E-state index in [0.717, 1.165) is 0 Å². The lowest BCUT2D eigenvalue weighted by Crippen LogP contribution is -2.42. The van der Waals surface area contributed by atoms with E-state index < -0.39 is 11.9 Å². The van der Waals surface area contributed by atoms with Gasteiger partial charge in [0.15, 0.2) is 0 Å². The Morgan fingerprint density at radius 1 is 1.67 bits per heavy atom. The zero-order chi connectivity index (χ0) is 8.97. The lowest BCUT2D eigenvalue weighted by molar-refractivity contribution is -0.165. The third-order valence-electron chi connectivity index (χ3n) is 1.64. The van der Waals surface area contributed by atoms with Crippen molar-refractivity contribution in [1.82, 2.24) is 5.32 Å². The number of carbonyl (C=O) groups excluding carboxylic acids is 2. The van der Waals surface area contributed by atoms with Crippen molar-refractivity contribution >= 4 is 11.9 Å². The zero-order valence-corrected chi connectivity index (χ0v) is 6.71. The Bertz CT molecular complexity index is 210.